The van der Waals surface area contributed by atoms with Crippen molar-refractivity contribution in [1.82, 2.24) is 4.90 Å². The van der Waals surface area contributed by atoms with E-state index in [0.717, 1.165) is 11.1 Å². The van der Waals surface area contributed by atoms with Gasteiger partial charge in [-0.05, 0) is 47.0 Å². The van der Waals surface area contributed by atoms with Crippen LogP contribution < -0.4 is 14.8 Å². The zero-order valence-electron chi connectivity index (χ0n) is 23.1. The first-order valence-corrected chi connectivity index (χ1v) is 13.8. The summed E-state index contributed by atoms with van der Waals surface area (Å²) < 4.78 is 11.1. The number of anilines is 1. The molecule has 0 bridgehead atoms. The summed E-state index contributed by atoms with van der Waals surface area (Å²) in [5.41, 5.74) is 2.49. The second-order valence-electron chi connectivity index (χ2n) is 10.7. The molecule has 0 aliphatic carbocycles. The smallest absolute Gasteiger partial charge is 0.238 e. The summed E-state index contributed by atoms with van der Waals surface area (Å²) in [6, 6.07) is 27.6. The Hall–Kier alpha value is -5.17. The number of para-hydroxylation sites is 1. The van der Waals surface area contributed by atoms with Crippen LogP contribution in [0.1, 0.15) is 43.4 Å². The molecular weight excluding hydrogens is 528 g/mol. The molecule has 7 nitrogen and oxygen atoms in total. The third kappa shape index (κ3) is 3.49. The standard InChI is InChI=1S/C35H28N2O5/c1-41-23-16-17-28(42-2)25(20-23)32(39)30-29(31(38)22-11-4-3-5-12-22)35(26-14-8-9-15-27(26)36-34(35)40)33-24-13-7-6-10-21(24)18-19-37(30)33/h3-20,29-30,33H,1-2H3,(H,36,40)/t29-,30+,33-,35+/m1/s1. The fourth-order valence-corrected chi connectivity index (χ4v) is 7.12. The number of ether oxygens (including phenoxy) is 2. The van der Waals surface area contributed by atoms with E-state index >= 15 is 0 Å². The number of hydrogen-bond acceptors (Lipinski definition) is 6. The van der Waals surface area contributed by atoms with Crippen molar-refractivity contribution in [2.24, 2.45) is 5.92 Å². The normalized spacial score (nSPS) is 23.1. The summed E-state index contributed by atoms with van der Waals surface area (Å²) >= 11 is 0. The predicted octanol–water partition coefficient (Wildman–Crippen LogP) is 5.69. The Kier molecular flexibility index (Phi) is 5.97. The van der Waals surface area contributed by atoms with E-state index < -0.39 is 23.4 Å². The van der Waals surface area contributed by atoms with Crippen molar-refractivity contribution in [3.63, 3.8) is 0 Å². The minimum atomic E-state index is -1.39. The van der Waals surface area contributed by atoms with Gasteiger partial charge in [-0.3, -0.25) is 14.4 Å². The van der Waals surface area contributed by atoms with Crippen molar-refractivity contribution in [2.45, 2.75) is 17.5 Å². The number of amides is 1. The lowest BCUT2D eigenvalue weighted by atomic mass is 9.62. The van der Waals surface area contributed by atoms with Gasteiger partial charge in [0.2, 0.25) is 5.91 Å². The maximum atomic E-state index is 14.9. The average molecular weight is 557 g/mol. The minimum absolute atomic E-state index is 0.275. The molecule has 0 saturated carbocycles. The lowest BCUT2D eigenvalue weighted by molar-refractivity contribution is -0.122. The van der Waals surface area contributed by atoms with Crippen LogP contribution in [0.4, 0.5) is 5.69 Å². The number of ketones is 2. The van der Waals surface area contributed by atoms with Crippen LogP contribution in [0.15, 0.2) is 103 Å². The quantitative estimate of drug-likeness (QED) is 0.308. The van der Waals surface area contributed by atoms with Crippen LogP contribution in [0.2, 0.25) is 0 Å². The van der Waals surface area contributed by atoms with Gasteiger partial charge in [0.15, 0.2) is 11.6 Å². The fourth-order valence-electron chi connectivity index (χ4n) is 7.12. The third-order valence-electron chi connectivity index (χ3n) is 8.85. The Morgan fingerprint density at radius 3 is 2.36 bits per heavy atom. The number of carbonyl (C=O) groups is 3. The number of fused-ring (bicyclic) bond motifs is 6. The van der Waals surface area contributed by atoms with Crippen LogP contribution in [0.25, 0.3) is 6.08 Å². The number of nitrogens with one attached hydrogen (secondary N) is 1. The molecule has 4 aromatic rings. The maximum Gasteiger partial charge on any atom is 0.238 e. The van der Waals surface area contributed by atoms with E-state index in [1.165, 1.54) is 14.2 Å². The van der Waals surface area contributed by atoms with Crippen LogP contribution in [0, 0.1) is 5.92 Å². The molecule has 208 valence electrons. The van der Waals surface area contributed by atoms with Crippen molar-refractivity contribution in [3.05, 3.63) is 131 Å². The van der Waals surface area contributed by atoms with E-state index in [1.807, 2.05) is 71.8 Å². The van der Waals surface area contributed by atoms with Gasteiger partial charge in [0, 0.05) is 17.5 Å². The molecule has 1 fully saturated rings. The van der Waals surface area contributed by atoms with Crippen molar-refractivity contribution in [2.75, 3.05) is 19.5 Å². The topological polar surface area (TPSA) is 84.9 Å². The molecule has 4 aromatic carbocycles. The van der Waals surface area contributed by atoms with Crippen LogP contribution >= 0.6 is 0 Å². The second kappa shape index (κ2) is 9.73. The highest BCUT2D eigenvalue weighted by Crippen LogP contribution is 2.62. The molecule has 7 rings (SSSR count). The summed E-state index contributed by atoms with van der Waals surface area (Å²) in [4.78, 5) is 46.1. The maximum absolute atomic E-state index is 14.9. The molecule has 42 heavy (non-hydrogen) atoms. The van der Waals surface area contributed by atoms with E-state index in [0.29, 0.717) is 28.3 Å². The van der Waals surface area contributed by atoms with Gasteiger partial charge < -0.3 is 19.7 Å². The zero-order valence-corrected chi connectivity index (χ0v) is 23.1. The summed E-state index contributed by atoms with van der Waals surface area (Å²) in [5.74, 6) is -1.12. The first kappa shape index (κ1) is 25.8. The fraction of sp³-hybridized carbons (Fsp3) is 0.171. The average Bonchev–Trinajstić information content (AvgIpc) is 3.52. The molecule has 0 aromatic heterocycles. The number of carbonyl (C=O) groups excluding carboxylic acids is 3. The summed E-state index contributed by atoms with van der Waals surface area (Å²) in [6.45, 7) is 0. The highest BCUT2D eigenvalue weighted by molar-refractivity contribution is 6.17. The second-order valence-corrected chi connectivity index (χ2v) is 10.7. The lowest BCUT2D eigenvalue weighted by Crippen LogP contribution is -2.49. The Balaban J connectivity index is 1.54. The summed E-state index contributed by atoms with van der Waals surface area (Å²) in [7, 11) is 3.03. The van der Waals surface area contributed by atoms with Gasteiger partial charge in [-0.15, -0.1) is 0 Å². The molecular formula is C35H28N2O5. The first-order chi connectivity index (χ1) is 20.5. The zero-order chi connectivity index (χ0) is 29.0. The molecule has 3 heterocycles. The van der Waals surface area contributed by atoms with Crippen LogP contribution in [-0.4, -0.2) is 42.6 Å². The van der Waals surface area contributed by atoms with Crippen LogP contribution in [0.3, 0.4) is 0 Å². The molecule has 0 unspecified atom stereocenters. The Bertz CT molecular complexity index is 1780. The van der Waals surface area contributed by atoms with Crippen molar-refractivity contribution >= 4 is 29.2 Å². The van der Waals surface area contributed by atoms with Gasteiger partial charge in [0.25, 0.3) is 0 Å². The SMILES string of the molecule is COc1ccc(OC)c(C(=O)[C@@H]2[C@H](C(=O)c3ccccc3)[C@]3(C(=O)Nc4ccccc43)[C@H]3c4ccccc4C=CN23)c1. The highest BCUT2D eigenvalue weighted by atomic mass is 16.5. The molecule has 1 spiro atoms. The number of benzene rings is 4. The van der Waals surface area contributed by atoms with Gasteiger partial charge in [-0.1, -0.05) is 72.8 Å². The van der Waals surface area contributed by atoms with E-state index in [1.54, 1.807) is 42.5 Å². The lowest BCUT2D eigenvalue weighted by Gasteiger charge is -2.38. The molecule has 1 amide bonds. The molecule has 1 N–H and O–H groups in total. The molecule has 3 aliphatic rings. The van der Waals surface area contributed by atoms with Crippen LogP contribution in [0.5, 0.6) is 11.5 Å². The number of nitrogens with zero attached hydrogens (tertiary/aromatic N) is 1. The Labute approximate surface area is 243 Å². The highest BCUT2D eigenvalue weighted by Gasteiger charge is 2.70. The molecule has 4 atom stereocenters. The van der Waals surface area contributed by atoms with Crippen molar-refractivity contribution in [1.29, 1.82) is 0 Å². The van der Waals surface area contributed by atoms with E-state index in [2.05, 4.69) is 5.32 Å². The van der Waals surface area contributed by atoms with E-state index in [-0.39, 0.29) is 23.0 Å². The van der Waals surface area contributed by atoms with Gasteiger partial charge in [-0.25, -0.2) is 0 Å². The Morgan fingerprint density at radius 1 is 0.833 bits per heavy atom. The Morgan fingerprint density at radius 2 is 1.57 bits per heavy atom. The predicted molar refractivity (Wildman–Crippen MR) is 159 cm³/mol. The summed E-state index contributed by atoms with van der Waals surface area (Å²) in [5, 5.41) is 3.07. The largest absolute Gasteiger partial charge is 0.497 e. The van der Waals surface area contributed by atoms with Crippen molar-refractivity contribution in [3.8, 4) is 11.5 Å². The minimum Gasteiger partial charge on any atom is -0.497 e. The first-order valence-electron chi connectivity index (χ1n) is 13.8. The van der Waals surface area contributed by atoms with E-state index in [4.69, 9.17) is 9.47 Å². The number of Topliss-reactive ketones (excluding diaryl/α,β-unsaturated/α-hetero) is 2. The number of methoxy groups -OCH3 is 2. The van der Waals surface area contributed by atoms with Crippen molar-refractivity contribution < 1.29 is 23.9 Å². The summed E-state index contributed by atoms with van der Waals surface area (Å²) in [6.07, 6.45) is 3.80. The number of rotatable bonds is 6. The monoisotopic (exact) mass is 556 g/mol. The van der Waals surface area contributed by atoms with Crippen LogP contribution in [-0.2, 0) is 10.2 Å². The van der Waals surface area contributed by atoms with Gasteiger partial charge in [0.05, 0.1) is 31.7 Å². The number of hydrogen-bond donors (Lipinski definition) is 1. The molecule has 1 saturated heterocycles. The van der Waals surface area contributed by atoms with Gasteiger partial charge in [0.1, 0.15) is 23.0 Å². The van der Waals surface area contributed by atoms with Gasteiger partial charge in [-0.2, -0.15) is 0 Å². The molecule has 0 radical (unpaired) electrons. The molecule has 3 aliphatic heterocycles. The molecule has 7 heteroatoms. The van der Waals surface area contributed by atoms with E-state index in [9.17, 15) is 14.4 Å². The van der Waals surface area contributed by atoms with Gasteiger partial charge >= 0.3 is 0 Å². The third-order valence-corrected chi connectivity index (χ3v) is 8.85.